The first kappa shape index (κ1) is 17.7. The third-order valence-electron chi connectivity index (χ3n) is 2.95. The summed E-state index contributed by atoms with van der Waals surface area (Å²) in [5.41, 5.74) is 1.22. The summed E-state index contributed by atoms with van der Waals surface area (Å²) in [6, 6.07) is 7.39. The van der Waals surface area contributed by atoms with E-state index in [1.807, 2.05) is 25.1 Å². The van der Waals surface area contributed by atoms with Gasteiger partial charge in [-0.05, 0) is 31.0 Å². The lowest BCUT2D eigenvalue weighted by molar-refractivity contribution is -0.305. The maximum absolute atomic E-state index is 11.9. The number of rotatable bonds is 7. The number of carbonyl (C=O) groups excluding carboxylic acids is 2. The van der Waals surface area contributed by atoms with Crippen molar-refractivity contribution < 1.29 is 14.7 Å². The predicted molar refractivity (Wildman–Crippen MR) is 86.5 cm³/mol. The Bertz CT molecular complexity index is 806. The Hall–Kier alpha value is -2.68. The lowest BCUT2D eigenvalue weighted by Gasteiger charge is -2.06. The summed E-state index contributed by atoms with van der Waals surface area (Å²) >= 11 is 1.03. The molecule has 2 N–H and O–H groups in total. The van der Waals surface area contributed by atoms with E-state index in [4.69, 9.17) is 0 Å². The SMILES string of the molecule is Cc1cccc(NC(=O)CSc2nnc(CCC(=O)[O-])c(=O)[nH]2)c1. The average molecular weight is 347 g/mol. The van der Waals surface area contributed by atoms with Crippen LogP contribution in [-0.4, -0.2) is 32.8 Å². The van der Waals surface area contributed by atoms with Gasteiger partial charge in [0, 0.05) is 18.1 Å². The van der Waals surface area contributed by atoms with Gasteiger partial charge < -0.3 is 15.2 Å². The molecular weight excluding hydrogens is 332 g/mol. The molecule has 0 atom stereocenters. The van der Waals surface area contributed by atoms with Crippen molar-refractivity contribution in [2.75, 3.05) is 11.1 Å². The molecule has 1 amide bonds. The van der Waals surface area contributed by atoms with Gasteiger partial charge in [0.2, 0.25) is 5.91 Å². The first-order valence-electron chi connectivity index (χ1n) is 7.09. The highest BCUT2D eigenvalue weighted by molar-refractivity contribution is 7.99. The minimum Gasteiger partial charge on any atom is -0.550 e. The van der Waals surface area contributed by atoms with Crippen LogP contribution in [0.2, 0.25) is 0 Å². The largest absolute Gasteiger partial charge is 0.550 e. The molecule has 0 bridgehead atoms. The number of carboxylic acid groups (broad SMARTS) is 1. The van der Waals surface area contributed by atoms with Gasteiger partial charge >= 0.3 is 0 Å². The minimum absolute atomic E-state index is 0.0211. The van der Waals surface area contributed by atoms with Gasteiger partial charge in [-0.3, -0.25) is 14.6 Å². The van der Waals surface area contributed by atoms with E-state index in [1.54, 1.807) is 6.07 Å². The van der Waals surface area contributed by atoms with Crippen molar-refractivity contribution >= 4 is 29.3 Å². The number of carboxylic acids is 1. The predicted octanol–water partition coefficient (Wildman–Crippen LogP) is -0.113. The molecule has 126 valence electrons. The zero-order chi connectivity index (χ0) is 17.5. The van der Waals surface area contributed by atoms with Crippen molar-refractivity contribution in [3.8, 4) is 0 Å². The Morgan fingerprint density at radius 1 is 1.33 bits per heavy atom. The Morgan fingerprint density at radius 3 is 2.79 bits per heavy atom. The molecule has 1 heterocycles. The minimum atomic E-state index is -1.26. The smallest absolute Gasteiger partial charge is 0.273 e. The second kappa shape index (κ2) is 8.25. The van der Waals surface area contributed by atoms with Crippen LogP contribution < -0.4 is 16.0 Å². The third-order valence-corrected chi connectivity index (χ3v) is 3.82. The topological polar surface area (TPSA) is 128 Å². The van der Waals surface area contributed by atoms with Gasteiger partial charge in [0.15, 0.2) is 5.16 Å². The van der Waals surface area contributed by atoms with Crippen LogP contribution in [0.4, 0.5) is 5.69 Å². The summed E-state index contributed by atoms with van der Waals surface area (Å²) in [4.78, 5) is 36.5. The van der Waals surface area contributed by atoms with Gasteiger partial charge in [-0.15, -0.1) is 10.2 Å². The second-order valence-corrected chi connectivity index (χ2v) is 5.95. The molecule has 8 nitrogen and oxygen atoms in total. The molecule has 0 saturated heterocycles. The number of amides is 1. The number of H-pyrrole nitrogens is 1. The Kier molecular flexibility index (Phi) is 6.07. The number of nitrogens with zero attached hydrogens (tertiary/aromatic N) is 2. The summed E-state index contributed by atoms with van der Waals surface area (Å²) < 4.78 is 0. The number of aryl methyl sites for hydroxylation is 2. The number of carbonyl (C=O) groups is 2. The van der Waals surface area contributed by atoms with E-state index in [9.17, 15) is 19.5 Å². The fraction of sp³-hybridized carbons (Fsp3) is 0.267. The van der Waals surface area contributed by atoms with Crippen LogP contribution in [-0.2, 0) is 16.0 Å². The van der Waals surface area contributed by atoms with Crippen molar-refractivity contribution in [2.45, 2.75) is 24.9 Å². The molecule has 0 spiro atoms. The summed E-state index contributed by atoms with van der Waals surface area (Å²) in [6.07, 6.45) is -0.355. The first-order chi connectivity index (χ1) is 11.4. The molecule has 0 aliphatic carbocycles. The number of thioether (sulfide) groups is 1. The molecule has 0 unspecified atom stereocenters. The molecular formula is C15H15N4O4S-. The number of nitrogens with one attached hydrogen (secondary N) is 2. The van der Waals surface area contributed by atoms with Gasteiger partial charge in [0.1, 0.15) is 5.69 Å². The zero-order valence-corrected chi connectivity index (χ0v) is 13.7. The van der Waals surface area contributed by atoms with Crippen molar-refractivity contribution in [1.82, 2.24) is 15.2 Å². The number of hydrogen-bond acceptors (Lipinski definition) is 7. The van der Waals surface area contributed by atoms with Gasteiger partial charge in [0.25, 0.3) is 5.56 Å². The van der Waals surface area contributed by atoms with Gasteiger partial charge in [-0.25, -0.2) is 0 Å². The van der Waals surface area contributed by atoms with Crippen molar-refractivity contribution in [3.05, 3.63) is 45.9 Å². The van der Waals surface area contributed by atoms with Crippen LogP contribution in [0.15, 0.2) is 34.2 Å². The Morgan fingerprint density at radius 2 is 2.12 bits per heavy atom. The molecule has 0 aliphatic rings. The van der Waals surface area contributed by atoms with E-state index < -0.39 is 11.5 Å². The molecule has 1 aromatic heterocycles. The quantitative estimate of drug-likeness (QED) is 0.669. The summed E-state index contributed by atoms with van der Waals surface area (Å²) in [5.74, 6) is -1.45. The maximum atomic E-state index is 11.9. The molecule has 24 heavy (non-hydrogen) atoms. The van der Waals surface area contributed by atoms with E-state index in [-0.39, 0.29) is 35.4 Å². The number of anilines is 1. The van der Waals surface area contributed by atoms with Gasteiger partial charge in [0.05, 0.1) is 5.75 Å². The first-order valence-corrected chi connectivity index (χ1v) is 8.07. The lowest BCUT2D eigenvalue weighted by Crippen LogP contribution is -2.25. The summed E-state index contributed by atoms with van der Waals surface area (Å²) in [7, 11) is 0. The standard InChI is InChI=1S/C15H16N4O4S/c1-9-3-2-4-10(7-9)16-12(20)8-24-15-17-14(23)11(18-19-15)5-6-13(21)22/h2-4,7H,5-6,8H2,1H3,(H,16,20)(H,21,22)(H,17,19,23)/p-1. The van der Waals surface area contributed by atoms with Crippen LogP contribution >= 0.6 is 11.8 Å². The van der Waals surface area contributed by atoms with Crippen LogP contribution in [0, 0.1) is 6.92 Å². The highest BCUT2D eigenvalue weighted by atomic mass is 32.2. The number of aromatic nitrogens is 3. The van der Waals surface area contributed by atoms with Crippen LogP contribution in [0.1, 0.15) is 17.7 Å². The monoisotopic (exact) mass is 347 g/mol. The fourth-order valence-electron chi connectivity index (χ4n) is 1.85. The third kappa shape index (κ3) is 5.51. The number of aliphatic carboxylic acids is 1. The molecule has 9 heteroatoms. The van der Waals surface area contributed by atoms with E-state index in [0.717, 1.165) is 17.3 Å². The van der Waals surface area contributed by atoms with Crippen molar-refractivity contribution in [1.29, 1.82) is 0 Å². The van der Waals surface area contributed by atoms with Gasteiger partial charge in [-0.2, -0.15) is 0 Å². The van der Waals surface area contributed by atoms with Crippen LogP contribution in [0.5, 0.6) is 0 Å². The molecule has 0 aliphatic heterocycles. The molecule has 0 radical (unpaired) electrons. The molecule has 2 rings (SSSR count). The van der Waals surface area contributed by atoms with Crippen LogP contribution in [0.25, 0.3) is 0 Å². The Balaban J connectivity index is 1.89. The van der Waals surface area contributed by atoms with E-state index in [0.29, 0.717) is 5.69 Å². The van der Waals surface area contributed by atoms with E-state index in [2.05, 4.69) is 20.5 Å². The Labute approximate surface area is 141 Å². The summed E-state index contributed by atoms with van der Waals surface area (Å²) in [5, 5.41) is 20.8. The number of benzene rings is 1. The normalized spacial score (nSPS) is 10.4. The zero-order valence-electron chi connectivity index (χ0n) is 12.9. The molecule has 2 aromatic rings. The average Bonchev–Trinajstić information content (AvgIpc) is 2.52. The van der Waals surface area contributed by atoms with E-state index in [1.165, 1.54) is 0 Å². The fourth-order valence-corrected chi connectivity index (χ4v) is 2.45. The number of hydrogen-bond donors (Lipinski definition) is 2. The molecule has 1 aromatic carbocycles. The van der Waals surface area contributed by atoms with E-state index >= 15 is 0 Å². The maximum Gasteiger partial charge on any atom is 0.273 e. The van der Waals surface area contributed by atoms with Crippen molar-refractivity contribution in [2.24, 2.45) is 0 Å². The van der Waals surface area contributed by atoms with Gasteiger partial charge in [-0.1, -0.05) is 23.9 Å². The molecule has 0 saturated carbocycles. The highest BCUT2D eigenvalue weighted by Gasteiger charge is 2.08. The lowest BCUT2D eigenvalue weighted by atomic mass is 10.2. The van der Waals surface area contributed by atoms with Crippen LogP contribution in [0.3, 0.4) is 0 Å². The highest BCUT2D eigenvalue weighted by Crippen LogP contribution is 2.13. The number of aromatic amines is 1. The van der Waals surface area contributed by atoms with Crippen molar-refractivity contribution in [3.63, 3.8) is 0 Å². The molecule has 0 fully saturated rings. The second-order valence-electron chi connectivity index (χ2n) is 4.98. The summed E-state index contributed by atoms with van der Waals surface area (Å²) in [6.45, 7) is 1.92.